The average Bonchev–Trinajstić information content (AvgIpc) is 2.86. The second kappa shape index (κ2) is 5.20. The highest BCUT2D eigenvalue weighted by Crippen LogP contribution is 2.32. The summed E-state index contributed by atoms with van der Waals surface area (Å²) in [5.41, 5.74) is 8.02. The first kappa shape index (κ1) is 13.0. The zero-order chi connectivity index (χ0) is 14.8. The smallest absolute Gasteiger partial charge is 0.180 e. The molecule has 0 spiro atoms. The Morgan fingerprint density at radius 3 is 2.86 bits per heavy atom. The molecule has 7 heteroatoms. The summed E-state index contributed by atoms with van der Waals surface area (Å²) in [7, 11) is 3.74. The molecule has 106 valence electrons. The summed E-state index contributed by atoms with van der Waals surface area (Å²) in [5.74, 6) is 1.05. The number of rotatable bonds is 3. The van der Waals surface area contributed by atoms with Gasteiger partial charge >= 0.3 is 0 Å². The van der Waals surface area contributed by atoms with Crippen LogP contribution in [0, 0.1) is 0 Å². The summed E-state index contributed by atoms with van der Waals surface area (Å²) in [6, 6.07) is 9.58. The van der Waals surface area contributed by atoms with Crippen LogP contribution in [0.3, 0.4) is 0 Å². The maximum Gasteiger partial charge on any atom is 0.180 e. The summed E-state index contributed by atoms with van der Waals surface area (Å²) in [6.07, 6.45) is 1.76. The second-order valence-corrected chi connectivity index (χ2v) is 4.78. The molecule has 0 radical (unpaired) electrons. The molecular weight excluding hydrogens is 266 g/mol. The average molecular weight is 281 g/mol. The number of nitrogens with one attached hydrogen (secondary N) is 1. The first-order chi connectivity index (χ1) is 10.1. The van der Waals surface area contributed by atoms with E-state index in [1.54, 1.807) is 6.20 Å². The van der Waals surface area contributed by atoms with Gasteiger partial charge in [0.25, 0.3) is 0 Å². The van der Waals surface area contributed by atoms with E-state index in [-0.39, 0.29) is 0 Å². The van der Waals surface area contributed by atoms with Crippen LogP contribution in [0.25, 0.3) is 10.9 Å². The minimum Gasteiger partial charge on any atom is -0.382 e. The van der Waals surface area contributed by atoms with E-state index in [0.29, 0.717) is 17.3 Å². The number of aromatic nitrogens is 3. The fraction of sp³-hybridized carbons (Fsp3) is 0.143. The Balaban J connectivity index is 1.96. The van der Waals surface area contributed by atoms with Gasteiger partial charge in [-0.15, -0.1) is 5.11 Å². The van der Waals surface area contributed by atoms with E-state index >= 15 is 0 Å². The predicted molar refractivity (Wildman–Crippen MR) is 83.2 cm³/mol. The number of nitrogen functional groups attached to an aromatic ring is 1. The number of fused-ring (bicyclic) bond motifs is 1. The van der Waals surface area contributed by atoms with Crippen molar-refractivity contribution in [2.75, 3.05) is 24.7 Å². The molecule has 0 saturated heterocycles. The van der Waals surface area contributed by atoms with Gasteiger partial charge in [0.05, 0.1) is 11.2 Å². The number of anilines is 2. The van der Waals surface area contributed by atoms with Gasteiger partial charge in [-0.05, 0) is 24.3 Å². The molecule has 2 aromatic heterocycles. The number of hydrogen-bond donors (Lipinski definition) is 2. The molecule has 0 saturated carbocycles. The van der Waals surface area contributed by atoms with Crippen LogP contribution in [-0.4, -0.2) is 29.3 Å². The Labute approximate surface area is 121 Å². The number of azo groups is 1. The van der Waals surface area contributed by atoms with Gasteiger partial charge < -0.3 is 10.6 Å². The number of pyridine rings is 1. The Hall–Kier alpha value is -2.96. The fourth-order valence-corrected chi connectivity index (χ4v) is 1.98. The highest BCUT2D eigenvalue weighted by Gasteiger charge is 2.12. The molecule has 3 N–H and O–H groups in total. The number of aromatic amines is 1. The number of nitrogens with zero attached hydrogens (tertiary/aromatic N) is 5. The van der Waals surface area contributed by atoms with Gasteiger partial charge in [0, 0.05) is 25.7 Å². The zero-order valence-electron chi connectivity index (χ0n) is 11.8. The van der Waals surface area contributed by atoms with Crippen LogP contribution in [0.1, 0.15) is 0 Å². The third-order valence-corrected chi connectivity index (χ3v) is 3.02. The van der Waals surface area contributed by atoms with E-state index in [4.69, 9.17) is 5.73 Å². The Bertz CT molecular complexity index is 804. The van der Waals surface area contributed by atoms with E-state index in [0.717, 1.165) is 16.6 Å². The van der Waals surface area contributed by atoms with Crippen molar-refractivity contribution in [3.8, 4) is 0 Å². The second-order valence-electron chi connectivity index (χ2n) is 4.78. The van der Waals surface area contributed by atoms with E-state index in [9.17, 15) is 0 Å². The molecule has 3 rings (SSSR count). The van der Waals surface area contributed by atoms with E-state index < -0.39 is 0 Å². The Kier molecular flexibility index (Phi) is 3.23. The molecule has 0 atom stereocenters. The first-order valence-electron chi connectivity index (χ1n) is 6.43. The van der Waals surface area contributed by atoms with Crippen LogP contribution >= 0.6 is 0 Å². The molecule has 7 nitrogen and oxygen atoms in total. The Morgan fingerprint density at radius 2 is 2.05 bits per heavy atom. The molecule has 0 aliphatic heterocycles. The van der Waals surface area contributed by atoms with Gasteiger partial charge in [0.2, 0.25) is 0 Å². The quantitative estimate of drug-likeness (QED) is 0.721. The predicted octanol–water partition coefficient (Wildman–Crippen LogP) is 3.02. The molecule has 0 fully saturated rings. The summed E-state index contributed by atoms with van der Waals surface area (Å²) >= 11 is 0. The lowest BCUT2D eigenvalue weighted by Gasteiger charge is -2.07. The largest absolute Gasteiger partial charge is 0.382 e. The molecule has 0 bridgehead atoms. The number of hydrogen-bond acceptors (Lipinski definition) is 6. The van der Waals surface area contributed by atoms with Crippen LogP contribution in [0.2, 0.25) is 0 Å². The van der Waals surface area contributed by atoms with Crippen molar-refractivity contribution < 1.29 is 0 Å². The van der Waals surface area contributed by atoms with Crippen LogP contribution in [0.4, 0.5) is 23.0 Å². The van der Waals surface area contributed by atoms with Crippen LogP contribution in [0.5, 0.6) is 0 Å². The highest BCUT2D eigenvalue weighted by atomic mass is 15.3. The van der Waals surface area contributed by atoms with Crippen LogP contribution in [0.15, 0.2) is 46.8 Å². The molecule has 0 aliphatic rings. The van der Waals surface area contributed by atoms with E-state index in [2.05, 4.69) is 25.4 Å². The number of H-pyrrole nitrogens is 1. The number of benzene rings is 1. The summed E-state index contributed by atoms with van der Waals surface area (Å²) in [4.78, 5) is 6.09. The van der Waals surface area contributed by atoms with Crippen LogP contribution in [-0.2, 0) is 0 Å². The minimum absolute atomic E-state index is 0.393. The van der Waals surface area contributed by atoms with Crippen molar-refractivity contribution in [2.45, 2.75) is 0 Å². The van der Waals surface area contributed by atoms with Gasteiger partial charge in [-0.3, -0.25) is 10.1 Å². The maximum absolute atomic E-state index is 5.83. The molecule has 0 unspecified atom stereocenters. The van der Waals surface area contributed by atoms with Crippen molar-refractivity contribution in [3.05, 3.63) is 36.5 Å². The monoisotopic (exact) mass is 281 g/mol. The minimum atomic E-state index is 0.393. The van der Waals surface area contributed by atoms with Crippen molar-refractivity contribution in [1.82, 2.24) is 15.2 Å². The lowest BCUT2D eigenvalue weighted by Crippen LogP contribution is -2.09. The van der Waals surface area contributed by atoms with Gasteiger partial charge in [-0.1, -0.05) is 6.07 Å². The van der Waals surface area contributed by atoms with Crippen molar-refractivity contribution in [2.24, 2.45) is 10.2 Å². The Morgan fingerprint density at radius 1 is 1.19 bits per heavy atom. The highest BCUT2D eigenvalue weighted by molar-refractivity contribution is 5.81. The standard InChI is InChI=1S/C14H15N7/c1-21(2)14-12(13(15)19-20-14)18-17-10-5-6-11-9(8-10)4-3-7-16-11/h3-8H,1-2H3,(H3,15,19,20). The van der Waals surface area contributed by atoms with Gasteiger partial charge in [0.15, 0.2) is 11.5 Å². The third kappa shape index (κ3) is 2.53. The van der Waals surface area contributed by atoms with E-state index in [1.165, 1.54) is 0 Å². The van der Waals surface area contributed by atoms with Crippen molar-refractivity contribution >= 4 is 33.9 Å². The van der Waals surface area contributed by atoms with Gasteiger partial charge in [-0.2, -0.15) is 10.2 Å². The number of nitrogens with two attached hydrogens (primary N) is 1. The van der Waals surface area contributed by atoms with E-state index in [1.807, 2.05) is 49.3 Å². The molecule has 1 aromatic carbocycles. The third-order valence-electron chi connectivity index (χ3n) is 3.02. The lowest BCUT2D eigenvalue weighted by atomic mass is 10.2. The SMILES string of the molecule is CN(C)c1n[nH]c(N)c1N=Nc1ccc2ncccc2c1. The zero-order valence-corrected chi connectivity index (χ0v) is 11.8. The van der Waals surface area contributed by atoms with Gasteiger partial charge in [0.1, 0.15) is 5.82 Å². The van der Waals surface area contributed by atoms with Crippen molar-refractivity contribution in [1.29, 1.82) is 0 Å². The lowest BCUT2D eigenvalue weighted by molar-refractivity contribution is 1.01. The summed E-state index contributed by atoms with van der Waals surface area (Å²) in [5, 5.41) is 16.3. The molecule has 2 heterocycles. The normalized spacial score (nSPS) is 11.3. The summed E-state index contributed by atoms with van der Waals surface area (Å²) in [6.45, 7) is 0. The molecular formula is C14H15N7. The molecule has 0 amide bonds. The maximum atomic E-state index is 5.83. The fourth-order valence-electron chi connectivity index (χ4n) is 1.98. The van der Waals surface area contributed by atoms with Crippen LogP contribution < -0.4 is 10.6 Å². The molecule has 0 aliphatic carbocycles. The first-order valence-corrected chi connectivity index (χ1v) is 6.43. The molecule has 21 heavy (non-hydrogen) atoms. The molecule has 3 aromatic rings. The van der Waals surface area contributed by atoms with Crippen molar-refractivity contribution in [3.63, 3.8) is 0 Å². The topological polar surface area (TPSA) is 95.5 Å². The van der Waals surface area contributed by atoms with Gasteiger partial charge in [-0.25, -0.2) is 0 Å². The summed E-state index contributed by atoms with van der Waals surface area (Å²) < 4.78 is 0.